The van der Waals surface area contributed by atoms with Crippen molar-refractivity contribution in [3.05, 3.63) is 100 Å². The number of carboxylic acids is 1. The quantitative estimate of drug-likeness (QED) is 0.348. The zero-order chi connectivity index (χ0) is 22.9. The molecule has 3 aromatic carbocycles. The summed E-state index contributed by atoms with van der Waals surface area (Å²) in [5, 5.41) is 14.4. The fourth-order valence-electron chi connectivity index (χ4n) is 4.33. The lowest BCUT2D eigenvalue weighted by atomic mass is 9.98. The van der Waals surface area contributed by atoms with Crippen LogP contribution in [0.15, 0.2) is 78.2 Å². The van der Waals surface area contributed by atoms with E-state index in [-0.39, 0.29) is 23.1 Å². The predicted octanol–water partition coefficient (Wildman–Crippen LogP) is 6.78. The Morgan fingerprint density at radius 3 is 2.12 bits per heavy atom. The number of aromatic carboxylic acids is 1. The zero-order valence-electron chi connectivity index (χ0n) is 17.9. The van der Waals surface area contributed by atoms with Gasteiger partial charge in [-0.15, -0.1) is 11.3 Å². The van der Waals surface area contributed by atoms with Crippen LogP contribution in [0.5, 0.6) is 0 Å². The fourth-order valence-corrected chi connectivity index (χ4v) is 5.28. The Hall–Kier alpha value is -3.90. The Kier molecular flexibility index (Phi) is 5.44. The molecule has 1 aliphatic carbocycles. The second-order valence-electron chi connectivity index (χ2n) is 7.98. The van der Waals surface area contributed by atoms with Gasteiger partial charge in [-0.05, 0) is 34.7 Å². The van der Waals surface area contributed by atoms with Crippen molar-refractivity contribution < 1.29 is 19.4 Å². The van der Waals surface area contributed by atoms with E-state index in [1.54, 1.807) is 5.38 Å². The van der Waals surface area contributed by atoms with E-state index < -0.39 is 12.1 Å². The van der Waals surface area contributed by atoms with Crippen LogP contribution in [-0.2, 0) is 4.74 Å². The number of nitrogens with one attached hydrogen (secondary N) is 1. The molecule has 0 fully saturated rings. The van der Waals surface area contributed by atoms with E-state index in [2.05, 4.69) is 29.6 Å². The molecular formula is C27H21NO4S. The van der Waals surface area contributed by atoms with Gasteiger partial charge in [-0.2, -0.15) is 0 Å². The number of aryl methyl sites for hydroxylation is 1. The van der Waals surface area contributed by atoms with Crippen molar-refractivity contribution in [1.82, 2.24) is 0 Å². The summed E-state index contributed by atoms with van der Waals surface area (Å²) in [5.41, 5.74) is 7.05. The lowest BCUT2D eigenvalue weighted by Gasteiger charge is -2.14. The summed E-state index contributed by atoms with van der Waals surface area (Å²) in [6, 6.07) is 23.8. The molecule has 0 aliphatic heterocycles. The van der Waals surface area contributed by atoms with E-state index in [1.807, 2.05) is 55.5 Å². The molecule has 0 bridgehead atoms. The molecule has 0 atom stereocenters. The Bertz CT molecular complexity index is 1310. The number of anilines is 1. The lowest BCUT2D eigenvalue weighted by molar-refractivity contribution is 0.0699. The first kappa shape index (κ1) is 21.0. The summed E-state index contributed by atoms with van der Waals surface area (Å²) < 4.78 is 5.57. The van der Waals surface area contributed by atoms with Gasteiger partial charge in [-0.1, -0.05) is 78.4 Å². The van der Waals surface area contributed by atoms with Gasteiger partial charge >= 0.3 is 12.1 Å². The van der Waals surface area contributed by atoms with Crippen LogP contribution in [0.3, 0.4) is 0 Å². The maximum atomic E-state index is 12.6. The van der Waals surface area contributed by atoms with Gasteiger partial charge in [0.15, 0.2) is 0 Å². The number of carbonyl (C=O) groups is 2. The third-order valence-corrected chi connectivity index (χ3v) is 6.82. The van der Waals surface area contributed by atoms with Crippen LogP contribution in [-0.4, -0.2) is 23.8 Å². The third-order valence-electron chi connectivity index (χ3n) is 5.93. The number of fused-ring (bicyclic) bond motifs is 3. The molecule has 5 nitrogen and oxygen atoms in total. The average Bonchev–Trinajstić information content (AvgIpc) is 3.37. The van der Waals surface area contributed by atoms with E-state index in [0.717, 1.165) is 33.4 Å². The highest BCUT2D eigenvalue weighted by Gasteiger charge is 2.29. The van der Waals surface area contributed by atoms with Gasteiger partial charge in [-0.3, -0.25) is 5.32 Å². The molecule has 4 aromatic rings. The molecule has 1 aromatic heterocycles. The highest BCUT2D eigenvalue weighted by atomic mass is 32.1. The minimum absolute atomic E-state index is 0.0615. The normalized spacial score (nSPS) is 12.2. The Balaban J connectivity index is 1.34. The Morgan fingerprint density at radius 2 is 1.52 bits per heavy atom. The van der Waals surface area contributed by atoms with Crippen LogP contribution in [0.4, 0.5) is 9.80 Å². The lowest BCUT2D eigenvalue weighted by Crippen LogP contribution is -2.18. The number of hydrogen-bond donors (Lipinski definition) is 2. The van der Waals surface area contributed by atoms with Crippen LogP contribution < -0.4 is 5.32 Å². The molecule has 2 N–H and O–H groups in total. The van der Waals surface area contributed by atoms with Crippen molar-refractivity contribution >= 4 is 28.4 Å². The standard InChI is InChI=1S/C27H21NO4S/c1-16-10-12-17(13-11-16)23-15-33-25(24(23)26(29)30)28-27(31)32-14-22-20-8-4-2-6-18(20)19-7-3-5-9-21(19)22/h2-13,15,22H,14H2,1H3,(H,28,31)(H,29,30). The van der Waals surface area contributed by atoms with Crippen LogP contribution in [0, 0.1) is 6.92 Å². The number of rotatable bonds is 5. The molecular weight excluding hydrogens is 434 g/mol. The summed E-state index contributed by atoms with van der Waals surface area (Å²) in [7, 11) is 0. The number of ether oxygens (including phenoxy) is 1. The predicted molar refractivity (Wildman–Crippen MR) is 130 cm³/mol. The molecule has 0 saturated heterocycles. The fraction of sp³-hybridized carbons (Fsp3) is 0.111. The van der Waals surface area contributed by atoms with Gasteiger partial charge in [0.2, 0.25) is 0 Å². The van der Waals surface area contributed by atoms with E-state index in [9.17, 15) is 14.7 Å². The van der Waals surface area contributed by atoms with Crippen LogP contribution >= 0.6 is 11.3 Å². The van der Waals surface area contributed by atoms with Gasteiger partial charge in [-0.25, -0.2) is 9.59 Å². The van der Waals surface area contributed by atoms with Crippen molar-refractivity contribution in [2.75, 3.05) is 11.9 Å². The average molecular weight is 456 g/mol. The van der Waals surface area contributed by atoms with Gasteiger partial charge in [0.05, 0.1) is 0 Å². The van der Waals surface area contributed by atoms with Gasteiger partial charge < -0.3 is 9.84 Å². The van der Waals surface area contributed by atoms with Crippen molar-refractivity contribution in [2.45, 2.75) is 12.8 Å². The van der Waals surface area contributed by atoms with Gasteiger partial charge in [0.1, 0.15) is 17.2 Å². The molecule has 1 amide bonds. The molecule has 1 aliphatic rings. The summed E-state index contributed by atoms with van der Waals surface area (Å²) >= 11 is 1.17. The monoisotopic (exact) mass is 455 g/mol. The largest absolute Gasteiger partial charge is 0.478 e. The molecule has 33 heavy (non-hydrogen) atoms. The number of amides is 1. The van der Waals surface area contributed by atoms with Crippen molar-refractivity contribution in [3.8, 4) is 22.3 Å². The Morgan fingerprint density at radius 1 is 0.909 bits per heavy atom. The number of hydrogen-bond acceptors (Lipinski definition) is 4. The number of carbonyl (C=O) groups excluding carboxylic acids is 1. The summed E-state index contributed by atoms with van der Waals surface area (Å²) in [6.45, 7) is 2.14. The molecule has 0 saturated carbocycles. The number of carboxylic acid groups (broad SMARTS) is 1. The van der Waals surface area contributed by atoms with Crippen LogP contribution in [0.2, 0.25) is 0 Å². The van der Waals surface area contributed by atoms with Crippen LogP contribution in [0.25, 0.3) is 22.3 Å². The molecule has 0 unspecified atom stereocenters. The first-order valence-electron chi connectivity index (χ1n) is 10.6. The van der Waals surface area contributed by atoms with Crippen molar-refractivity contribution in [3.63, 3.8) is 0 Å². The van der Waals surface area contributed by atoms with Crippen LogP contribution in [0.1, 0.15) is 33.0 Å². The second kappa shape index (κ2) is 8.56. The summed E-state index contributed by atoms with van der Waals surface area (Å²) in [6.07, 6.45) is -0.670. The summed E-state index contributed by atoms with van der Waals surface area (Å²) in [5.74, 6) is -1.16. The maximum absolute atomic E-state index is 12.6. The number of thiophene rings is 1. The second-order valence-corrected chi connectivity index (χ2v) is 8.85. The first-order chi connectivity index (χ1) is 16.0. The molecule has 5 rings (SSSR count). The highest BCUT2D eigenvalue weighted by Crippen LogP contribution is 2.44. The SMILES string of the molecule is Cc1ccc(-c2csc(NC(=O)OCC3c4ccccc4-c4ccccc43)c2C(=O)O)cc1. The van der Waals surface area contributed by atoms with Gasteiger partial charge in [0, 0.05) is 16.9 Å². The smallest absolute Gasteiger partial charge is 0.412 e. The minimum Gasteiger partial charge on any atom is -0.478 e. The number of benzene rings is 3. The third kappa shape index (κ3) is 3.90. The topological polar surface area (TPSA) is 75.6 Å². The maximum Gasteiger partial charge on any atom is 0.412 e. The summed E-state index contributed by atoms with van der Waals surface area (Å²) in [4.78, 5) is 24.6. The van der Waals surface area contributed by atoms with E-state index in [4.69, 9.17) is 4.74 Å². The first-order valence-corrected chi connectivity index (χ1v) is 11.4. The molecule has 6 heteroatoms. The molecule has 164 valence electrons. The Labute approximate surface area is 195 Å². The zero-order valence-corrected chi connectivity index (χ0v) is 18.7. The van der Waals surface area contributed by atoms with E-state index in [1.165, 1.54) is 11.3 Å². The highest BCUT2D eigenvalue weighted by molar-refractivity contribution is 7.15. The van der Waals surface area contributed by atoms with E-state index in [0.29, 0.717) is 5.56 Å². The van der Waals surface area contributed by atoms with Gasteiger partial charge in [0.25, 0.3) is 0 Å². The molecule has 0 spiro atoms. The van der Waals surface area contributed by atoms with E-state index >= 15 is 0 Å². The molecule has 0 radical (unpaired) electrons. The molecule has 1 heterocycles. The minimum atomic E-state index is -1.10. The van der Waals surface area contributed by atoms with Crippen molar-refractivity contribution in [1.29, 1.82) is 0 Å². The van der Waals surface area contributed by atoms with Crippen molar-refractivity contribution in [2.24, 2.45) is 0 Å².